The zero-order valence-corrected chi connectivity index (χ0v) is 12.6. The van der Waals surface area contributed by atoms with E-state index in [1.54, 1.807) is 0 Å². The summed E-state index contributed by atoms with van der Waals surface area (Å²) in [7, 11) is 0. The average Bonchev–Trinajstić information content (AvgIpc) is 2.57. The number of nitrogens with zero attached hydrogens (tertiary/aromatic N) is 1. The third-order valence-electron chi connectivity index (χ3n) is 4.01. The lowest BCUT2D eigenvalue weighted by Crippen LogP contribution is -2.38. The molecule has 100 valence electrons. The van der Waals surface area contributed by atoms with Crippen molar-refractivity contribution in [3.05, 3.63) is 0 Å². The number of carbonyl (C=O) groups is 1. The van der Waals surface area contributed by atoms with Crippen molar-refractivity contribution in [1.29, 1.82) is 0 Å². The van der Waals surface area contributed by atoms with Gasteiger partial charge in [0.25, 0.3) is 0 Å². The lowest BCUT2D eigenvalue weighted by Gasteiger charge is -2.31. The summed E-state index contributed by atoms with van der Waals surface area (Å²) in [6.07, 6.45) is 1.18. The molecule has 0 spiro atoms. The zero-order chi connectivity index (χ0) is 13.4. The SMILES string of the molecule is CCC1CN(C(=O)C(C)(C)C)CC1C(C)(C)C. The third-order valence-corrected chi connectivity index (χ3v) is 4.01. The molecule has 2 heteroatoms. The summed E-state index contributed by atoms with van der Waals surface area (Å²) in [5, 5.41) is 0. The minimum atomic E-state index is -0.245. The number of hydrogen-bond donors (Lipinski definition) is 0. The summed E-state index contributed by atoms with van der Waals surface area (Å²) in [6, 6.07) is 0. The molecule has 1 fully saturated rings. The molecule has 1 aliphatic rings. The quantitative estimate of drug-likeness (QED) is 0.685. The van der Waals surface area contributed by atoms with Gasteiger partial charge in [0.15, 0.2) is 0 Å². The Hall–Kier alpha value is -0.530. The Morgan fingerprint density at radius 1 is 1.12 bits per heavy atom. The highest BCUT2D eigenvalue weighted by Gasteiger charge is 2.42. The zero-order valence-electron chi connectivity index (χ0n) is 12.6. The van der Waals surface area contributed by atoms with Crippen molar-refractivity contribution in [2.75, 3.05) is 13.1 Å². The first-order valence-corrected chi connectivity index (χ1v) is 6.86. The van der Waals surface area contributed by atoms with E-state index in [1.165, 1.54) is 6.42 Å². The van der Waals surface area contributed by atoms with E-state index in [2.05, 4.69) is 32.6 Å². The first-order valence-electron chi connectivity index (χ1n) is 6.86. The van der Waals surface area contributed by atoms with E-state index < -0.39 is 0 Å². The Bertz CT molecular complexity index is 282. The lowest BCUT2D eigenvalue weighted by atomic mass is 9.74. The average molecular weight is 239 g/mol. The van der Waals surface area contributed by atoms with Crippen LogP contribution in [0.3, 0.4) is 0 Å². The van der Waals surface area contributed by atoms with Gasteiger partial charge in [-0.25, -0.2) is 0 Å². The molecule has 0 aromatic rings. The van der Waals surface area contributed by atoms with Crippen LogP contribution in [0.1, 0.15) is 54.9 Å². The van der Waals surface area contributed by atoms with Gasteiger partial charge in [0.2, 0.25) is 5.91 Å². The lowest BCUT2D eigenvalue weighted by molar-refractivity contribution is -0.138. The molecule has 2 atom stereocenters. The highest BCUT2D eigenvalue weighted by atomic mass is 16.2. The molecule has 1 amide bonds. The molecule has 1 aliphatic heterocycles. The number of likely N-dealkylation sites (tertiary alicyclic amines) is 1. The number of carbonyl (C=O) groups excluding carboxylic acids is 1. The van der Waals surface area contributed by atoms with Gasteiger partial charge in [-0.1, -0.05) is 54.9 Å². The largest absolute Gasteiger partial charge is 0.342 e. The van der Waals surface area contributed by atoms with Gasteiger partial charge < -0.3 is 4.90 Å². The van der Waals surface area contributed by atoms with Crippen molar-refractivity contribution in [2.45, 2.75) is 54.9 Å². The monoisotopic (exact) mass is 239 g/mol. The van der Waals surface area contributed by atoms with E-state index in [1.807, 2.05) is 20.8 Å². The first kappa shape index (κ1) is 14.5. The topological polar surface area (TPSA) is 20.3 Å². The van der Waals surface area contributed by atoms with Crippen LogP contribution < -0.4 is 0 Å². The summed E-state index contributed by atoms with van der Waals surface area (Å²) in [5.41, 5.74) is 0.0542. The molecule has 0 bridgehead atoms. The minimum Gasteiger partial charge on any atom is -0.342 e. The maximum atomic E-state index is 12.3. The van der Waals surface area contributed by atoms with Crippen LogP contribution in [-0.4, -0.2) is 23.9 Å². The molecular weight excluding hydrogens is 210 g/mol. The molecule has 0 radical (unpaired) electrons. The predicted molar refractivity (Wildman–Crippen MR) is 72.8 cm³/mol. The number of rotatable bonds is 1. The highest BCUT2D eigenvalue weighted by molar-refractivity contribution is 5.81. The molecular formula is C15H29NO. The fourth-order valence-corrected chi connectivity index (χ4v) is 2.91. The van der Waals surface area contributed by atoms with E-state index >= 15 is 0 Å². The van der Waals surface area contributed by atoms with Crippen molar-refractivity contribution in [3.8, 4) is 0 Å². The Kier molecular flexibility index (Phi) is 3.95. The molecule has 0 aromatic carbocycles. The first-order chi connectivity index (χ1) is 7.57. The van der Waals surface area contributed by atoms with Crippen LogP contribution in [0.25, 0.3) is 0 Å². The van der Waals surface area contributed by atoms with Gasteiger partial charge in [-0.05, 0) is 17.3 Å². The minimum absolute atomic E-state index is 0.245. The van der Waals surface area contributed by atoms with Crippen molar-refractivity contribution in [1.82, 2.24) is 4.90 Å². The van der Waals surface area contributed by atoms with E-state index in [-0.39, 0.29) is 5.41 Å². The second-order valence-electron chi connectivity index (χ2n) is 7.60. The summed E-state index contributed by atoms with van der Waals surface area (Å²) in [6.45, 7) is 17.1. The van der Waals surface area contributed by atoms with E-state index in [4.69, 9.17) is 0 Å². The molecule has 2 nitrogen and oxygen atoms in total. The van der Waals surface area contributed by atoms with Crippen LogP contribution in [0, 0.1) is 22.7 Å². The molecule has 0 aromatic heterocycles. The maximum absolute atomic E-state index is 12.3. The molecule has 0 saturated carbocycles. The fourth-order valence-electron chi connectivity index (χ4n) is 2.91. The second kappa shape index (κ2) is 4.62. The Balaban J connectivity index is 2.81. The Morgan fingerprint density at radius 3 is 1.94 bits per heavy atom. The van der Waals surface area contributed by atoms with Crippen LogP contribution in [0.5, 0.6) is 0 Å². The van der Waals surface area contributed by atoms with Crippen molar-refractivity contribution in [2.24, 2.45) is 22.7 Å². The molecule has 1 rings (SSSR count). The molecule has 1 heterocycles. The van der Waals surface area contributed by atoms with Crippen LogP contribution in [0.2, 0.25) is 0 Å². The van der Waals surface area contributed by atoms with Gasteiger partial charge in [0.1, 0.15) is 0 Å². The van der Waals surface area contributed by atoms with Crippen molar-refractivity contribution >= 4 is 5.91 Å². The van der Waals surface area contributed by atoms with Gasteiger partial charge in [0.05, 0.1) is 0 Å². The van der Waals surface area contributed by atoms with Gasteiger partial charge >= 0.3 is 0 Å². The standard InChI is InChI=1S/C15H29NO/c1-8-11-9-16(13(17)15(5,6)7)10-12(11)14(2,3)4/h11-12H,8-10H2,1-7H3. The van der Waals surface area contributed by atoms with E-state index in [9.17, 15) is 4.79 Å². The van der Waals surface area contributed by atoms with Gasteiger partial charge in [-0.15, -0.1) is 0 Å². The smallest absolute Gasteiger partial charge is 0.227 e. The summed E-state index contributed by atoms with van der Waals surface area (Å²) in [5.74, 6) is 1.61. The normalized spacial score (nSPS) is 26.4. The molecule has 2 unspecified atom stereocenters. The van der Waals surface area contributed by atoms with Crippen molar-refractivity contribution < 1.29 is 4.79 Å². The third kappa shape index (κ3) is 3.23. The van der Waals surface area contributed by atoms with E-state index in [0.29, 0.717) is 23.2 Å². The molecule has 1 saturated heterocycles. The highest BCUT2D eigenvalue weighted by Crippen LogP contribution is 2.40. The van der Waals surface area contributed by atoms with Gasteiger partial charge in [0, 0.05) is 18.5 Å². The van der Waals surface area contributed by atoms with Gasteiger partial charge in [-0.3, -0.25) is 4.79 Å². The Morgan fingerprint density at radius 2 is 1.65 bits per heavy atom. The van der Waals surface area contributed by atoms with Crippen LogP contribution in [0.4, 0.5) is 0 Å². The van der Waals surface area contributed by atoms with Crippen LogP contribution >= 0.6 is 0 Å². The molecule has 0 aliphatic carbocycles. The molecule has 17 heavy (non-hydrogen) atoms. The predicted octanol–water partition coefficient (Wildman–Crippen LogP) is 3.56. The molecule has 0 N–H and O–H groups in total. The maximum Gasteiger partial charge on any atom is 0.227 e. The van der Waals surface area contributed by atoms with E-state index in [0.717, 1.165) is 13.1 Å². The van der Waals surface area contributed by atoms with Crippen molar-refractivity contribution in [3.63, 3.8) is 0 Å². The van der Waals surface area contributed by atoms with Crippen LogP contribution in [-0.2, 0) is 4.79 Å². The fraction of sp³-hybridized carbons (Fsp3) is 0.933. The summed E-state index contributed by atoms with van der Waals surface area (Å²) in [4.78, 5) is 14.4. The number of hydrogen-bond acceptors (Lipinski definition) is 1. The summed E-state index contributed by atoms with van der Waals surface area (Å²) >= 11 is 0. The Labute approximate surface area is 107 Å². The summed E-state index contributed by atoms with van der Waals surface area (Å²) < 4.78 is 0. The van der Waals surface area contributed by atoms with Gasteiger partial charge in [-0.2, -0.15) is 0 Å². The second-order valence-corrected chi connectivity index (χ2v) is 7.60. The number of amides is 1. The van der Waals surface area contributed by atoms with Crippen LogP contribution in [0.15, 0.2) is 0 Å².